The molecule has 0 saturated carbocycles. The van der Waals surface area contributed by atoms with Crippen molar-refractivity contribution in [3.8, 4) is 0 Å². The second-order valence-electron chi connectivity index (χ2n) is 4.70. The number of likely N-dealkylation sites (tertiary alicyclic amines) is 1. The van der Waals surface area contributed by atoms with Crippen LogP contribution in [0.3, 0.4) is 0 Å². The zero-order valence-corrected chi connectivity index (χ0v) is 9.24. The number of carboxylic acids is 1. The van der Waals surface area contributed by atoms with E-state index in [1.54, 1.807) is 0 Å². The molecule has 2 aliphatic rings. The summed E-state index contributed by atoms with van der Waals surface area (Å²) < 4.78 is 5.25. The first-order valence-corrected chi connectivity index (χ1v) is 5.75. The fraction of sp³-hybridized carbons (Fsp3) is 0.909. The van der Waals surface area contributed by atoms with E-state index in [9.17, 15) is 9.90 Å². The Morgan fingerprint density at radius 1 is 1.60 bits per heavy atom. The number of carboxylic acid groups (broad SMARTS) is 1. The smallest absolute Gasteiger partial charge is 0.326 e. The molecule has 4 nitrogen and oxygen atoms in total. The number of carbonyl (C=O) groups is 1. The van der Waals surface area contributed by atoms with Gasteiger partial charge in [-0.25, -0.2) is 0 Å². The number of hydrogen-bond acceptors (Lipinski definition) is 3. The average Bonchev–Trinajstić information content (AvgIpc) is 2.60. The van der Waals surface area contributed by atoms with E-state index >= 15 is 0 Å². The molecule has 2 aliphatic heterocycles. The first-order chi connectivity index (χ1) is 7.19. The molecule has 4 heteroatoms. The second-order valence-corrected chi connectivity index (χ2v) is 4.70. The van der Waals surface area contributed by atoms with E-state index in [-0.39, 0.29) is 0 Å². The third kappa shape index (κ3) is 1.76. The molecule has 2 saturated heterocycles. The van der Waals surface area contributed by atoms with Crippen molar-refractivity contribution in [2.45, 2.75) is 31.7 Å². The standard InChI is InChI=1S/C11H19NO3/c1-2-3-9-6-12(7-9)11(10(13)14)4-5-15-8-11/h9H,2-8H2,1H3,(H,13,14). The third-order valence-electron chi connectivity index (χ3n) is 3.66. The lowest BCUT2D eigenvalue weighted by Crippen LogP contribution is -2.64. The number of nitrogens with zero attached hydrogens (tertiary/aromatic N) is 1. The predicted octanol–water partition coefficient (Wildman–Crippen LogP) is 0.962. The van der Waals surface area contributed by atoms with E-state index in [1.165, 1.54) is 12.8 Å². The molecule has 0 aliphatic carbocycles. The van der Waals surface area contributed by atoms with Crippen LogP contribution in [0.4, 0.5) is 0 Å². The molecule has 0 aromatic heterocycles. The van der Waals surface area contributed by atoms with Gasteiger partial charge in [-0.3, -0.25) is 9.69 Å². The Hall–Kier alpha value is -0.610. The highest BCUT2D eigenvalue weighted by Crippen LogP contribution is 2.34. The van der Waals surface area contributed by atoms with Crippen molar-refractivity contribution in [3.05, 3.63) is 0 Å². The Kier molecular flexibility index (Phi) is 2.98. The molecule has 2 fully saturated rings. The van der Waals surface area contributed by atoms with Gasteiger partial charge in [0.2, 0.25) is 0 Å². The molecular formula is C11H19NO3. The number of hydrogen-bond donors (Lipinski definition) is 1. The van der Waals surface area contributed by atoms with Crippen molar-refractivity contribution in [1.29, 1.82) is 0 Å². The molecular weight excluding hydrogens is 194 g/mol. The summed E-state index contributed by atoms with van der Waals surface area (Å²) in [7, 11) is 0. The molecule has 15 heavy (non-hydrogen) atoms. The molecule has 0 radical (unpaired) electrons. The van der Waals surface area contributed by atoms with Crippen LogP contribution in [0.2, 0.25) is 0 Å². The van der Waals surface area contributed by atoms with Crippen molar-refractivity contribution in [2.75, 3.05) is 26.3 Å². The van der Waals surface area contributed by atoms with Crippen molar-refractivity contribution >= 4 is 5.97 Å². The lowest BCUT2D eigenvalue weighted by atomic mass is 9.86. The van der Waals surface area contributed by atoms with Crippen LogP contribution in [0.5, 0.6) is 0 Å². The number of aliphatic carboxylic acids is 1. The third-order valence-corrected chi connectivity index (χ3v) is 3.66. The molecule has 86 valence electrons. The Labute approximate surface area is 90.2 Å². The minimum atomic E-state index is -0.713. The van der Waals surface area contributed by atoms with Gasteiger partial charge in [-0.05, 0) is 12.3 Å². The highest BCUT2D eigenvalue weighted by atomic mass is 16.5. The minimum absolute atomic E-state index is 0.362. The van der Waals surface area contributed by atoms with Gasteiger partial charge in [-0.1, -0.05) is 13.3 Å². The summed E-state index contributed by atoms with van der Waals surface area (Å²) in [6.07, 6.45) is 3.04. The van der Waals surface area contributed by atoms with Gasteiger partial charge in [-0.2, -0.15) is 0 Å². The Morgan fingerprint density at radius 3 is 2.80 bits per heavy atom. The second kappa shape index (κ2) is 4.10. The van der Waals surface area contributed by atoms with Crippen LogP contribution in [-0.2, 0) is 9.53 Å². The van der Waals surface area contributed by atoms with Gasteiger partial charge < -0.3 is 9.84 Å². The largest absolute Gasteiger partial charge is 0.480 e. The summed E-state index contributed by atoms with van der Waals surface area (Å²) in [5.74, 6) is -0.0122. The normalized spacial score (nSPS) is 32.9. The predicted molar refractivity (Wildman–Crippen MR) is 55.8 cm³/mol. The minimum Gasteiger partial charge on any atom is -0.480 e. The van der Waals surface area contributed by atoms with E-state index in [1.807, 2.05) is 0 Å². The van der Waals surface area contributed by atoms with Crippen LogP contribution in [-0.4, -0.2) is 47.8 Å². The summed E-state index contributed by atoms with van der Waals surface area (Å²) >= 11 is 0. The highest BCUT2D eigenvalue weighted by molar-refractivity contribution is 5.79. The van der Waals surface area contributed by atoms with E-state index in [0.717, 1.165) is 13.1 Å². The van der Waals surface area contributed by atoms with Crippen molar-refractivity contribution in [2.24, 2.45) is 5.92 Å². The molecule has 0 aromatic carbocycles. The maximum Gasteiger partial charge on any atom is 0.326 e. The summed E-state index contributed by atoms with van der Waals surface area (Å²) in [6, 6.07) is 0. The van der Waals surface area contributed by atoms with Gasteiger partial charge in [-0.15, -0.1) is 0 Å². The molecule has 1 atom stereocenters. The van der Waals surface area contributed by atoms with Crippen LogP contribution in [0.15, 0.2) is 0 Å². The van der Waals surface area contributed by atoms with Gasteiger partial charge in [0.15, 0.2) is 0 Å². The van der Waals surface area contributed by atoms with Crippen LogP contribution in [0.25, 0.3) is 0 Å². The number of rotatable bonds is 4. The van der Waals surface area contributed by atoms with Crippen LogP contribution in [0, 0.1) is 5.92 Å². The maximum absolute atomic E-state index is 11.3. The molecule has 1 N–H and O–H groups in total. The fourth-order valence-corrected chi connectivity index (χ4v) is 2.62. The van der Waals surface area contributed by atoms with Gasteiger partial charge in [0, 0.05) is 26.1 Å². The Morgan fingerprint density at radius 2 is 2.33 bits per heavy atom. The molecule has 0 amide bonds. The zero-order valence-electron chi connectivity index (χ0n) is 9.24. The van der Waals surface area contributed by atoms with E-state index in [0.29, 0.717) is 25.6 Å². The molecule has 2 heterocycles. The van der Waals surface area contributed by atoms with E-state index in [2.05, 4.69) is 11.8 Å². The molecule has 0 bridgehead atoms. The Bertz CT molecular complexity index is 242. The molecule has 2 rings (SSSR count). The van der Waals surface area contributed by atoms with Crippen molar-refractivity contribution in [1.82, 2.24) is 4.90 Å². The van der Waals surface area contributed by atoms with Gasteiger partial charge in [0.05, 0.1) is 6.61 Å². The van der Waals surface area contributed by atoms with Crippen LogP contribution >= 0.6 is 0 Å². The summed E-state index contributed by atoms with van der Waals surface area (Å²) in [5.41, 5.74) is -0.704. The van der Waals surface area contributed by atoms with Crippen molar-refractivity contribution in [3.63, 3.8) is 0 Å². The lowest BCUT2D eigenvalue weighted by molar-refractivity contribution is -0.157. The average molecular weight is 213 g/mol. The Balaban J connectivity index is 1.94. The first kappa shape index (κ1) is 10.9. The van der Waals surface area contributed by atoms with Crippen LogP contribution in [0.1, 0.15) is 26.2 Å². The van der Waals surface area contributed by atoms with Gasteiger partial charge in [0.1, 0.15) is 5.54 Å². The molecule has 1 unspecified atom stereocenters. The molecule has 0 spiro atoms. The summed E-state index contributed by atoms with van der Waals surface area (Å²) in [5, 5.41) is 9.29. The van der Waals surface area contributed by atoms with E-state index < -0.39 is 11.5 Å². The molecule has 0 aromatic rings. The van der Waals surface area contributed by atoms with Crippen LogP contribution < -0.4 is 0 Å². The summed E-state index contributed by atoms with van der Waals surface area (Å²) in [6.45, 7) is 4.99. The maximum atomic E-state index is 11.3. The number of ether oxygens (including phenoxy) is 1. The van der Waals surface area contributed by atoms with E-state index in [4.69, 9.17) is 4.74 Å². The first-order valence-electron chi connectivity index (χ1n) is 5.75. The highest BCUT2D eigenvalue weighted by Gasteiger charge is 2.51. The quantitative estimate of drug-likeness (QED) is 0.755. The van der Waals surface area contributed by atoms with Gasteiger partial charge in [0.25, 0.3) is 0 Å². The SMILES string of the molecule is CCCC1CN(C2(C(=O)O)CCOC2)C1. The lowest BCUT2D eigenvalue weighted by Gasteiger charge is -2.47. The summed E-state index contributed by atoms with van der Waals surface area (Å²) in [4.78, 5) is 13.4. The zero-order chi connectivity index (χ0) is 10.9. The van der Waals surface area contributed by atoms with Crippen molar-refractivity contribution < 1.29 is 14.6 Å². The topological polar surface area (TPSA) is 49.8 Å². The fourth-order valence-electron chi connectivity index (χ4n) is 2.62. The monoisotopic (exact) mass is 213 g/mol. The van der Waals surface area contributed by atoms with Gasteiger partial charge >= 0.3 is 5.97 Å².